The summed E-state index contributed by atoms with van der Waals surface area (Å²) in [6.07, 6.45) is 0. The molecular weight excluding hydrogens is 281 g/mol. The van der Waals surface area contributed by atoms with E-state index in [1.54, 1.807) is 49.6 Å². The highest BCUT2D eigenvalue weighted by Gasteiger charge is 2.12. The smallest absolute Gasteiger partial charge is 0.488 e. The lowest BCUT2D eigenvalue weighted by Gasteiger charge is -2.10. The molecule has 0 radical (unpaired) electrons. The zero-order chi connectivity index (χ0) is 16.1. The topological polar surface area (TPSA) is 78.8 Å². The molecule has 0 saturated heterocycles. The summed E-state index contributed by atoms with van der Waals surface area (Å²) in [5.41, 5.74) is 2.80. The maximum absolute atomic E-state index is 12.1. The van der Waals surface area contributed by atoms with Gasteiger partial charge in [-0.25, -0.2) is 0 Å². The monoisotopic (exact) mass is 299 g/mol. The quantitative estimate of drug-likeness (QED) is 0.707. The van der Waals surface area contributed by atoms with Crippen molar-refractivity contribution in [2.24, 2.45) is 0 Å². The van der Waals surface area contributed by atoms with Gasteiger partial charge in [-0.2, -0.15) is 0 Å². The van der Waals surface area contributed by atoms with E-state index in [0.29, 0.717) is 23.3 Å². The molecule has 0 spiro atoms. The van der Waals surface area contributed by atoms with Gasteiger partial charge in [0.05, 0.1) is 7.11 Å². The van der Waals surface area contributed by atoms with Crippen molar-refractivity contribution in [2.75, 3.05) is 7.11 Å². The molecule has 0 heterocycles. The molecule has 0 aliphatic rings. The summed E-state index contributed by atoms with van der Waals surface area (Å²) >= 11 is 0. The molecular formula is C16H18BNO4. The van der Waals surface area contributed by atoms with Crippen LogP contribution in [0.3, 0.4) is 0 Å². The number of benzene rings is 2. The predicted octanol–water partition coefficient (Wildman–Crippen LogP) is 0.613. The number of rotatable bonds is 5. The summed E-state index contributed by atoms with van der Waals surface area (Å²) in [5.74, 6) is 0.527. The zero-order valence-electron chi connectivity index (χ0n) is 12.5. The Bertz CT molecular complexity index is 656. The van der Waals surface area contributed by atoms with Crippen LogP contribution in [0, 0.1) is 6.92 Å². The van der Waals surface area contributed by atoms with Crippen LogP contribution in [-0.4, -0.2) is 30.2 Å². The van der Waals surface area contributed by atoms with Crippen LogP contribution >= 0.6 is 0 Å². The predicted molar refractivity (Wildman–Crippen MR) is 85.2 cm³/mol. The minimum Gasteiger partial charge on any atom is -0.497 e. The van der Waals surface area contributed by atoms with Crippen LogP contribution < -0.4 is 15.5 Å². The largest absolute Gasteiger partial charge is 0.497 e. The van der Waals surface area contributed by atoms with Crippen molar-refractivity contribution in [3.8, 4) is 5.75 Å². The highest BCUT2D eigenvalue weighted by atomic mass is 16.5. The number of methoxy groups -OCH3 is 1. The van der Waals surface area contributed by atoms with E-state index in [1.165, 1.54) is 0 Å². The molecule has 22 heavy (non-hydrogen) atoms. The summed E-state index contributed by atoms with van der Waals surface area (Å²) in [5, 5.41) is 21.1. The summed E-state index contributed by atoms with van der Waals surface area (Å²) in [6, 6.07) is 12.0. The van der Waals surface area contributed by atoms with Crippen LogP contribution in [0.25, 0.3) is 0 Å². The Morgan fingerprint density at radius 3 is 2.41 bits per heavy atom. The molecule has 5 nitrogen and oxygen atoms in total. The van der Waals surface area contributed by atoms with E-state index in [9.17, 15) is 4.79 Å². The van der Waals surface area contributed by atoms with Gasteiger partial charge in [0.1, 0.15) is 5.75 Å². The number of ether oxygens (including phenoxy) is 1. The molecule has 6 heteroatoms. The minimum atomic E-state index is -1.48. The van der Waals surface area contributed by atoms with Crippen LogP contribution in [0.2, 0.25) is 0 Å². The number of amides is 1. The van der Waals surface area contributed by atoms with Crippen LogP contribution in [-0.2, 0) is 6.54 Å². The SMILES string of the molecule is COc1ccc(C(=O)NCc2ccc(B(O)O)cc2C)cc1. The maximum atomic E-state index is 12.1. The molecule has 114 valence electrons. The normalized spacial score (nSPS) is 10.2. The van der Waals surface area contributed by atoms with Gasteiger partial charge in [0, 0.05) is 12.1 Å². The standard InChI is InChI=1S/C16H18BNO4/c1-11-9-14(17(20)21)6-3-13(11)10-18-16(19)12-4-7-15(22-2)8-5-12/h3-9,20-21H,10H2,1-2H3,(H,18,19). The molecule has 0 aromatic heterocycles. The third-order valence-corrected chi connectivity index (χ3v) is 3.46. The van der Waals surface area contributed by atoms with E-state index in [1.807, 2.05) is 6.92 Å². The first-order chi connectivity index (χ1) is 10.5. The van der Waals surface area contributed by atoms with Gasteiger partial charge in [-0.3, -0.25) is 4.79 Å². The van der Waals surface area contributed by atoms with E-state index in [4.69, 9.17) is 14.8 Å². The number of carbonyl (C=O) groups excluding carboxylic acids is 1. The highest BCUT2D eigenvalue weighted by Crippen LogP contribution is 2.12. The van der Waals surface area contributed by atoms with Gasteiger partial charge < -0.3 is 20.1 Å². The molecule has 0 aliphatic carbocycles. The fourth-order valence-corrected chi connectivity index (χ4v) is 2.10. The lowest BCUT2D eigenvalue weighted by Crippen LogP contribution is -2.30. The molecule has 0 atom stereocenters. The lowest BCUT2D eigenvalue weighted by atomic mass is 9.79. The average molecular weight is 299 g/mol. The molecule has 2 aromatic carbocycles. The summed E-state index contributed by atoms with van der Waals surface area (Å²) in [4.78, 5) is 12.1. The van der Waals surface area contributed by atoms with Gasteiger partial charge in [-0.05, 0) is 47.8 Å². The summed E-state index contributed by atoms with van der Waals surface area (Å²) < 4.78 is 5.05. The Morgan fingerprint density at radius 1 is 1.18 bits per heavy atom. The third kappa shape index (κ3) is 3.87. The van der Waals surface area contributed by atoms with Crippen molar-refractivity contribution in [3.05, 3.63) is 59.2 Å². The van der Waals surface area contributed by atoms with Crippen molar-refractivity contribution in [1.29, 1.82) is 0 Å². The summed E-state index contributed by atoms with van der Waals surface area (Å²) in [7, 11) is 0.0896. The van der Waals surface area contributed by atoms with Crippen molar-refractivity contribution < 1.29 is 19.6 Å². The molecule has 2 rings (SSSR count). The van der Waals surface area contributed by atoms with Crippen molar-refractivity contribution in [1.82, 2.24) is 5.32 Å². The van der Waals surface area contributed by atoms with Crippen LogP contribution in [0.4, 0.5) is 0 Å². The number of carbonyl (C=O) groups is 1. The fourth-order valence-electron chi connectivity index (χ4n) is 2.10. The van der Waals surface area contributed by atoms with Crippen molar-refractivity contribution in [3.63, 3.8) is 0 Å². The zero-order valence-corrected chi connectivity index (χ0v) is 12.5. The first kappa shape index (κ1) is 16.1. The van der Waals surface area contributed by atoms with E-state index >= 15 is 0 Å². The van der Waals surface area contributed by atoms with Crippen LogP contribution in [0.5, 0.6) is 5.75 Å². The Labute approximate surface area is 129 Å². The Hall–Kier alpha value is -2.31. The number of hydrogen-bond donors (Lipinski definition) is 3. The van der Waals surface area contributed by atoms with E-state index in [2.05, 4.69) is 5.32 Å². The molecule has 0 aliphatic heterocycles. The molecule has 0 bridgehead atoms. The van der Waals surface area contributed by atoms with Gasteiger partial charge in [-0.1, -0.05) is 18.2 Å². The van der Waals surface area contributed by atoms with Gasteiger partial charge >= 0.3 is 7.12 Å². The Balaban J connectivity index is 2.01. The van der Waals surface area contributed by atoms with Crippen LogP contribution in [0.1, 0.15) is 21.5 Å². The second-order valence-corrected chi connectivity index (χ2v) is 4.97. The molecule has 1 amide bonds. The Kier molecular flexibility index (Phi) is 5.19. The minimum absolute atomic E-state index is 0.173. The van der Waals surface area contributed by atoms with Crippen molar-refractivity contribution >= 4 is 18.5 Å². The fraction of sp³-hybridized carbons (Fsp3) is 0.188. The maximum Gasteiger partial charge on any atom is 0.488 e. The molecule has 0 fully saturated rings. The molecule has 0 saturated carbocycles. The van der Waals surface area contributed by atoms with Crippen molar-refractivity contribution in [2.45, 2.75) is 13.5 Å². The van der Waals surface area contributed by atoms with Gasteiger partial charge in [0.25, 0.3) is 5.91 Å². The lowest BCUT2D eigenvalue weighted by molar-refractivity contribution is 0.0951. The first-order valence-corrected chi connectivity index (χ1v) is 6.89. The van der Waals surface area contributed by atoms with Gasteiger partial charge in [-0.15, -0.1) is 0 Å². The van der Waals surface area contributed by atoms with E-state index in [0.717, 1.165) is 11.1 Å². The Morgan fingerprint density at radius 2 is 1.86 bits per heavy atom. The van der Waals surface area contributed by atoms with Gasteiger partial charge in [0.2, 0.25) is 0 Å². The number of hydrogen-bond acceptors (Lipinski definition) is 4. The number of aryl methyl sites for hydroxylation is 1. The third-order valence-electron chi connectivity index (χ3n) is 3.46. The summed E-state index contributed by atoms with van der Waals surface area (Å²) in [6.45, 7) is 2.24. The number of nitrogens with one attached hydrogen (secondary N) is 1. The highest BCUT2D eigenvalue weighted by molar-refractivity contribution is 6.58. The molecule has 0 unspecified atom stereocenters. The van der Waals surface area contributed by atoms with Gasteiger partial charge in [0.15, 0.2) is 0 Å². The second kappa shape index (κ2) is 7.11. The van der Waals surface area contributed by atoms with E-state index in [-0.39, 0.29) is 5.91 Å². The molecule has 2 aromatic rings. The van der Waals surface area contributed by atoms with E-state index < -0.39 is 7.12 Å². The second-order valence-electron chi connectivity index (χ2n) is 4.97. The molecule has 3 N–H and O–H groups in total. The average Bonchev–Trinajstić information content (AvgIpc) is 2.53. The van der Waals surface area contributed by atoms with Crippen LogP contribution in [0.15, 0.2) is 42.5 Å². The first-order valence-electron chi connectivity index (χ1n) is 6.89.